The molecule has 8 nitrogen and oxygen atoms in total. The molecule has 1 fully saturated rings. The molecule has 1 N–H and O–H groups in total. The zero-order valence-electron chi connectivity index (χ0n) is 19.7. The zero-order valence-corrected chi connectivity index (χ0v) is 20.5. The van der Waals surface area contributed by atoms with Crippen LogP contribution in [0.4, 0.5) is 5.69 Å². The second-order valence-corrected chi connectivity index (χ2v) is 11.2. The standard InChI is InChI=1S/C25H30N4O4S/c1-17(2)15-29-22-9-5-4-8-21(22)23(25(29)31)26-27-24(30)19-7-6-14-28(16-19)34(32,33)20-12-10-18(3)11-13-20/h4-5,8-13,17,19,31H,6-7,14-16H2,1-3H3/t19-/m1/s1. The van der Waals surface area contributed by atoms with Crippen LogP contribution in [-0.4, -0.2) is 41.4 Å². The van der Waals surface area contributed by atoms with Crippen molar-refractivity contribution in [1.82, 2.24) is 8.87 Å². The lowest BCUT2D eigenvalue weighted by Crippen LogP contribution is -2.41. The van der Waals surface area contributed by atoms with Gasteiger partial charge in [0.05, 0.1) is 16.3 Å². The highest BCUT2D eigenvalue weighted by atomic mass is 32.2. The van der Waals surface area contributed by atoms with Crippen molar-refractivity contribution in [3.63, 3.8) is 0 Å². The number of carbonyl (C=O) groups excluding carboxylic acids is 1. The first-order valence-corrected chi connectivity index (χ1v) is 12.9. The SMILES string of the molecule is Cc1ccc(S(=O)(=O)N2CCC[C@@H](C(=O)N=Nc3c(O)n(CC(C)C)c4ccccc34)C2)cc1. The molecule has 1 aliphatic rings. The Morgan fingerprint density at radius 1 is 1.15 bits per heavy atom. The van der Waals surface area contributed by atoms with E-state index in [1.54, 1.807) is 28.8 Å². The Bertz CT molecular complexity index is 1330. The Morgan fingerprint density at radius 3 is 2.56 bits per heavy atom. The largest absolute Gasteiger partial charge is 0.493 e. The van der Waals surface area contributed by atoms with Gasteiger partial charge in [0, 0.05) is 25.0 Å². The van der Waals surface area contributed by atoms with Gasteiger partial charge in [-0.15, -0.1) is 10.2 Å². The highest BCUT2D eigenvalue weighted by Crippen LogP contribution is 2.39. The molecule has 0 unspecified atom stereocenters. The molecule has 0 bridgehead atoms. The monoisotopic (exact) mass is 482 g/mol. The third kappa shape index (κ3) is 4.76. The molecular formula is C25H30N4O4S. The summed E-state index contributed by atoms with van der Waals surface area (Å²) in [6.45, 7) is 7.03. The van der Waals surface area contributed by atoms with E-state index < -0.39 is 21.8 Å². The predicted octanol–water partition coefficient (Wildman–Crippen LogP) is 5.02. The van der Waals surface area contributed by atoms with E-state index >= 15 is 0 Å². The quantitative estimate of drug-likeness (QED) is 0.498. The Kier molecular flexibility index (Phi) is 6.86. The average molecular weight is 483 g/mol. The minimum absolute atomic E-state index is 0.0290. The molecule has 2 aromatic carbocycles. The van der Waals surface area contributed by atoms with Crippen LogP contribution in [0.25, 0.3) is 10.9 Å². The second-order valence-electron chi connectivity index (χ2n) is 9.25. The van der Waals surface area contributed by atoms with Crippen LogP contribution in [0.15, 0.2) is 63.7 Å². The maximum Gasteiger partial charge on any atom is 0.269 e. The lowest BCUT2D eigenvalue weighted by molar-refractivity contribution is -0.123. The molecule has 1 amide bonds. The summed E-state index contributed by atoms with van der Waals surface area (Å²) in [5, 5.41) is 19.5. The fraction of sp³-hybridized carbons (Fsp3) is 0.400. The third-order valence-corrected chi connectivity index (χ3v) is 7.99. The van der Waals surface area contributed by atoms with Crippen molar-refractivity contribution in [3.05, 3.63) is 54.1 Å². The first-order chi connectivity index (χ1) is 16.2. The van der Waals surface area contributed by atoms with Crippen molar-refractivity contribution >= 4 is 32.5 Å². The summed E-state index contributed by atoms with van der Waals surface area (Å²) in [6.07, 6.45) is 1.11. The zero-order chi connectivity index (χ0) is 24.5. The van der Waals surface area contributed by atoms with Crippen LogP contribution in [0.3, 0.4) is 0 Å². The van der Waals surface area contributed by atoms with Crippen LogP contribution < -0.4 is 0 Å². The summed E-state index contributed by atoms with van der Waals surface area (Å²) in [7, 11) is -3.69. The molecular weight excluding hydrogens is 452 g/mol. The molecule has 3 aromatic rings. The Labute approximate surface area is 200 Å². The van der Waals surface area contributed by atoms with Crippen LogP contribution in [0.2, 0.25) is 0 Å². The highest BCUT2D eigenvalue weighted by Gasteiger charge is 2.33. The topological polar surface area (TPSA) is 104 Å². The fourth-order valence-corrected chi connectivity index (χ4v) is 5.85. The van der Waals surface area contributed by atoms with Gasteiger partial charge in [0.1, 0.15) is 0 Å². The van der Waals surface area contributed by atoms with Gasteiger partial charge in [-0.3, -0.25) is 4.79 Å². The summed E-state index contributed by atoms with van der Waals surface area (Å²) in [4.78, 5) is 13.1. The molecule has 0 saturated carbocycles. The smallest absolute Gasteiger partial charge is 0.269 e. The van der Waals surface area contributed by atoms with E-state index in [0.717, 1.165) is 11.1 Å². The predicted molar refractivity (Wildman–Crippen MR) is 131 cm³/mol. The first kappa shape index (κ1) is 24.1. The Balaban J connectivity index is 1.55. The number of sulfonamides is 1. The summed E-state index contributed by atoms with van der Waals surface area (Å²) in [5.41, 5.74) is 2.05. The molecule has 0 radical (unpaired) electrons. The van der Waals surface area contributed by atoms with Crippen molar-refractivity contribution in [2.24, 2.45) is 22.1 Å². The molecule has 1 atom stereocenters. The number of aromatic nitrogens is 1. The van der Waals surface area contributed by atoms with E-state index in [2.05, 4.69) is 24.1 Å². The van der Waals surface area contributed by atoms with E-state index in [9.17, 15) is 18.3 Å². The Hall–Kier alpha value is -3.04. The number of azo groups is 1. The van der Waals surface area contributed by atoms with Crippen molar-refractivity contribution in [3.8, 4) is 5.88 Å². The molecule has 1 aromatic heterocycles. The first-order valence-electron chi connectivity index (χ1n) is 11.5. The number of carbonyl (C=O) groups is 1. The highest BCUT2D eigenvalue weighted by molar-refractivity contribution is 7.89. The van der Waals surface area contributed by atoms with Gasteiger partial charge >= 0.3 is 0 Å². The molecule has 0 spiro atoms. The molecule has 1 aliphatic heterocycles. The fourth-order valence-electron chi connectivity index (χ4n) is 4.32. The maximum absolute atomic E-state index is 13.1. The summed E-state index contributed by atoms with van der Waals surface area (Å²) in [5.74, 6) is -0.789. The van der Waals surface area contributed by atoms with Gasteiger partial charge in [0.15, 0.2) is 5.69 Å². The average Bonchev–Trinajstić information content (AvgIpc) is 3.08. The molecule has 0 aliphatic carbocycles. The van der Waals surface area contributed by atoms with E-state index in [4.69, 9.17) is 0 Å². The molecule has 9 heteroatoms. The third-order valence-electron chi connectivity index (χ3n) is 6.11. The van der Waals surface area contributed by atoms with Crippen LogP contribution in [-0.2, 0) is 21.4 Å². The van der Waals surface area contributed by atoms with Crippen LogP contribution >= 0.6 is 0 Å². The van der Waals surface area contributed by atoms with Gasteiger partial charge < -0.3 is 9.67 Å². The van der Waals surface area contributed by atoms with Gasteiger partial charge in [-0.2, -0.15) is 4.31 Å². The lowest BCUT2D eigenvalue weighted by atomic mass is 9.99. The van der Waals surface area contributed by atoms with E-state index in [-0.39, 0.29) is 23.0 Å². The van der Waals surface area contributed by atoms with Crippen molar-refractivity contribution in [2.45, 2.75) is 45.1 Å². The number of aryl methyl sites for hydroxylation is 1. The number of aromatic hydroxyl groups is 1. The van der Waals surface area contributed by atoms with Gasteiger partial charge in [0.25, 0.3) is 5.91 Å². The normalized spacial score (nSPS) is 17.7. The van der Waals surface area contributed by atoms with Crippen LogP contribution in [0.1, 0.15) is 32.3 Å². The minimum atomic E-state index is -3.69. The number of amides is 1. The van der Waals surface area contributed by atoms with Gasteiger partial charge in [-0.05, 0) is 43.9 Å². The molecule has 180 valence electrons. The van der Waals surface area contributed by atoms with Crippen molar-refractivity contribution < 1.29 is 18.3 Å². The molecule has 1 saturated heterocycles. The summed E-state index contributed by atoms with van der Waals surface area (Å²) in [6, 6.07) is 14.2. The van der Waals surface area contributed by atoms with Crippen LogP contribution in [0, 0.1) is 18.8 Å². The van der Waals surface area contributed by atoms with Crippen molar-refractivity contribution in [1.29, 1.82) is 0 Å². The molecule has 2 heterocycles. The van der Waals surface area contributed by atoms with Crippen LogP contribution in [0.5, 0.6) is 5.88 Å². The Morgan fingerprint density at radius 2 is 1.85 bits per heavy atom. The summed E-state index contributed by atoms with van der Waals surface area (Å²) >= 11 is 0. The number of hydrogen-bond acceptors (Lipinski definition) is 5. The number of fused-ring (bicyclic) bond motifs is 1. The number of hydrogen-bond donors (Lipinski definition) is 1. The number of rotatable bonds is 6. The van der Waals surface area contributed by atoms with Gasteiger partial charge in [-0.1, -0.05) is 49.7 Å². The lowest BCUT2D eigenvalue weighted by Gasteiger charge is -2.30. The second kappa shape index (κ2) is 9.68. The van der Waals surface area contributed by atoms with E-state index in [0.29, 0.717) is 37.2 Å². The van der Waals surface area contributed by atoms with E-state index in [1.165, 1.54) is 4.31 Å². The maximum atomic E-state index is 13.1. The van der Waals surface area contributed by atoms with E-state index in [1.807, 2.05) is 31.2 Å². The summed E-state index contributed by atoms with van der Waals surface area (Å²) < 4.78 is 29.2. The number of benzene rings is 2. The molecule has 4 rings (SSSR count). The van der Waals surface area contributed by atoms with Crippen molar-refractivity contribution in [2.75, 3.05) is 13.1 Å². The van der Waals surface area contributed by atoms with Gasteiger partial charge in [-0.25, -0.2) is 8.42 Å². The minimum Gasteiger partial charge on any atom is -0.493 e. The number of piperidine rings is 1. The number of para-hydroxylation sites is 1. The number of nitrogens with zero attached hydrogens (tertiary/aromatic N) is 4. The molecule has 34 heavy (non-hydrogen) atoms. The van der Waals surface area contributed by atoms with Gasteiger partial charge in [0.2, 0.25) is 15.9 Å².